The third-order valence-electron chi connectivity index (χ3n) is 4.55. The van der Waals surface area contributed by atoms with Crippen LogP contribution in [0.3, 0.4) is 0 Å². The van der Waals surface area contributed by atoms with E-state index >= 15 is 0 Å². The van der Waals surface area contributed by atoms with Gasteiger partial charge < -0.3 is 10.5 Å². The summed E-state index contributed by atoms with van der Waals surface area (Å²) in [6.45, 7) is 2.85. The molecule has 2 rings (SSSR count). The Morgan fingerprint density at radius 2 is 1.78 bits per heavy atom. The second-order valence-electron chi connectivity index (χ2n) is 5.55. The van der Waals surface area contributed by atoms with Gasteiger partial charge in [0.2, 0.25) is 0 Å². The molecule has 0 saturated heterocycles. The predicted octanol–water partition coefficient (Wildman–Crippen LogP) is 3.55. The molecule has 1 aliphatic rings. The van der Waals surface area contributed by atoms with Gasteiger partial charge in [-0.2, -0.15) is 0 Å². The van der Waals surface area contributed by atoms with E-state index in [9.17, 15) is 0 Å². The summed E-state index contributed by atoms with van der Waals surface area (Å²) in [5.74, 6) is 0. The van der Waals surface area contributed by atoms with Crippen molar-refractivity contribution < 1.29 is 4.74 Å². The average molecular weight is 247 g/mol. The molecule has 2 nitrogen and oxygen atoms in total. The minimum Gasteiger partial charge on any atom is -0.377 e. The van der Waals surface area contributed by atoms with Crippen molar-refractivity contribution in [2.75, 3.05) is 13.7 Å². The summed E-state index contributed by atoms with van der Waals surface area (Å²) in [5.41, 5.74) is 8.95. The predicted molar refractivity (Wildman–Crippen MR) is 75.7 cm³/mol. The van der Waals surface area contributed by atoms with E-state index in [-0.39, 0.29) is 11.5 Å². The molecule has 1 aromatic rings. The van der Waals surface area contributed by atoms with Gasteiger partial charge in [-0.25, -0.2) is 0 Å². The van der Waals surface area contributed by atoms with Crippen LogP contribution in [0.2, 0.25) is 0 Å². The number of hydrogen-bond donors (Lipinski definition) is 1. The Balaban J connectivity index is 2.21. The van der Waals surface area contributed by atoms with Gasteiger partial charge in [0.25, 0.3) is 0 Å². The summed E-state index contributed by atoms with van der Waals surface area (Å²) in [4.78, 5) is 0. The SMILES string of the molecule is COC(C)c1ccc(C2(CN)CCCCC2)cc1. The lowest BCUT2D eigenvalue weighted by atomic mass is 9.69. The van der Waals surface area contributed by atoms with E-state index in [1.54, 1.807) is 7.11 Å². The minimum absolute atomic E-state index is 0.166. The molecule has 2 N–H and O–H groups in total. The lowest BCUT2D eigenvalue weighted by molar-refractivity contribution is 0.119. The van der Waals surface area contributed by atoms with Crippen LogP contribution in [0.4, 0.5) is 0 Å². The van der Waals surface area contributed by atoms with E-state index in [0.29, 0.717) is 0 Å². The molecular weight excluding hydrogens is 222 g/mol. The van der Waals surface area contributed by atoms with Crippen LogP contribution in [0.15, 0.2) is 24.3 Å². The highest BCUT2D eigenvalue weighted by Crippen LogP contribution is 2.38. The molecule has 1 atom stereocenters. The molecule has 100 valence electrons. The number of benzene rings is 1. The van der Waals surface area contributed by atoms with Crippen LogP contribution >= 0.6 is 0 Å². The molecule has 1 aliphatic carbocycles. The van der Waals surface area contributed by atoms with Crippen LogP contribution in [-0.4, -0.2) is 13.7 Å². The molecule has 0 heterocycles. The summed E-state index contributed by atoms with van der Waals surface area (Å²) in [6, 6.07) is 8.89. The van der Waals surface area contributed by atoms with Crippen LogP contribution < -0.4 is 5.73 Å². The van der Waals surface area contributed by atoms with Crippen molar-refractivity contribution in [1.82, 2.24) is 0 Å². The topological polar surface area (TPSA) is 35.2 Å². The lowest BCUT2D eigenvalue weighted by Gasteiger charge is -2.37. The molecule has 1 fully saturated rings. The number of hydrogen-bond acceptors (Lipinski definition) is 2. The molecule has 0 radical (unpaired) electrons. The van der Waals surface area contributed by atoms with Gasteiger partial charge in [-0.15, -0.1) is 0 Å². The standard InChI is InChI=1S/C16H25NO/c1-13(18-2)14-6-8-15(9-7-14)16(12-17)10-4-3-5-11-16/h6-9,13H,3-5,10-12,17H2,1-2H3. The fraction of sp³-hybridized carbons (Fsp3) is 0.625. The van der Waals surface area contributed by atoms with Crippen LogP contribution in [0.1, 0.15) is 56.3 Å². The highest BCUT2D eigenvalue weighted by Gasteiger charge is 2.32. The maximum absolute atomic E-state index is 6.07. The van der Waals surface area contributed by atoms with Gasteiger partial charge in [0, 0.05) is 19.1 Å². The lowest BCUT2D eigenvalue weighted by Crippen LogP contribution is -2.37. The van der Waals surface area contributed by atoms with Crippen molar-refractivity contribution >= 4 is 0 Å². The Labute approximate surface area is 111 Å². The van der Waals surface area contributed by atoms with Crippen molar-refractivity contribution in [2.45, 2.75) is 50.5 Å². The molecule has 0 aromatic heterocycles. The Kier molecular flexibility index (Phi) is 4.41. The van der Waals surface area contributed by atoms with Gasteiger partial charge in [-0.3, -0.25) is 0 Å². The summed E-state index contributed by atoms with van der Waals surface area (Å²) in [6.07, 6.45) is 6.63. The van der Waals surface area contributed by atoms with E-state index in [2.05, 4.69) is 31.2 Å². The Morgan fingerprint density at radius 1 is 1.17 bits per heavy atom. The van der Waals surface area contributed by atoms with Crippen molar-refractivity contribution in [3.05, 3.63) is 35.4 Å². The molecule has 0 aliphatic heterocycles. The van der Waals surface area contributed by atoms with Crippen LogP contribution in [0.5, 0.6) is 0 Å². The first-order valence-electron chi connectivity index (χ1n) is 7.05. The summed E-state index contributed by atoms with van der Waals surface area (Å²) >= 11 is 0. The van der Waals surface area contributed by atoms with Crippen molar-refractivity contribution in [1.29, 1.82) is 0 Å². The van der Waals surface area contributed by atoms with Gasteiger partial charge in [0.1, 0.15) is 0 Å². The van der Waals surface area contributed by atoms with Gasteiger partial charge in [0.05, 0.1) is 6.10 Å². The number of methoxy groups -OCH3 is 1. The number of rotatable bonds is 4. The maximum Gasteiger partial charge on any atom is 0.0793 e. The van der Waals surface area contributed by atoms with E-state index in [4.69, 9.17) is 10.5 Å². The molecule has 0 bridgehead atoms. The molecule has 1 saturated carbocycles. The van der Waals surface area contributed by atoms with Gasteiger partial charge in [-0.1, -0.05) is 43.5 Å². The monoisotopic (exact) mass is 247 g/mol. The zero-order valence-corrected chi connectivity index (χ0v) is 11.6. The van der Waals surface area contributed by atoms with Crippen LogP contribution in [0.25, 0.3) is 0 Å². The summed E-state index contributed by atoms with van der Waals surface area (Å²) < 4.78 is 5.35. The van der Waals surface area contributed by atoms with Gasteiger partial charge in [-0.05, 0) is 30.9 Å². The quantitative estimate of drug-likeness (QED) is 0.883. The first-order valence-corrected chi connectivity index (χ1v) is 7.05. The number of ether oxygens (including phenoxy) is 1. The maximum atomic E-state index is 6.07. The van der Waals surface area contributed by atoms with E-state index in [0.717, 1.165) is 6.54 Å². The molecule has 1 unspecified atom stereocenters. The second kappa shape index (κ2) is 5.85. The van der Waals surface area contributed by atoms with E-state index < -0.39 is 0 Å². The smallest absolute Gasteiger partial charge is 0.0793 e. The molecular formula is C16H25NO. The molecule has 2 heteroatoms. The minimum atomic E-state index is 0.166. The third kappa shape index (κ3) is 2.60. The second-order valence-corrected chi connectivity index (χ2v) is 5.55. The fourth-order valence-corrected chi connectivity index (χ4v) is 3.08. The largest absolute Gasteiger partial charge is 0.377 e. The van der Waals surface area contributed by atoms with Crippen LogP contribution in [0, 0.1) is 0 Å². The number of nitrogens with two attached hydrogens (primary N) is 1. The van der Waals surface area contributed by atoms with Gasteiger partial charge >= 0.3 is 0 Å². The zero-order chi connectivity index (χ0) is 13.0. The average Bonchev–Trinajstić information content (AvgIpc) is 2.47. The first kappa shape index (κ1) is 13.6. The first-order chi connectivity index (χ1) is 8.72. The molecule has 1 aromatic carbocycles. The van der Waals surface area contributed by atoms with Crippen molar-refractivity contribution in [2.24, 2.45) is 5.73 Å². The molecule has 18 heavy (non-hydrogen) atoms. The highest BCUT2D eigenvalue weighted by atomic mass is 16.5. The molecule has 0 amide bonds. The Bertz CT molecular complexity index is 365. The summed E-state index contributed by atoms with van der Waals surface area (Å²) in [7, 11) is 1.75. The highest BCUT2D eigenvalue weighted by molar-refractivity contribution is 5.31. The van der Waals surface area contributed by atoms with Crippen molar-refractivity contribution in [3.8, 4) is 0 Å². The van der Waals surface area contributed by atoms with Gasteiger partial charge in [0.15, 0.2) is 0 Å². The van der Waals surface area contributed by atoms with E-state index in [1.807, 2.05) is 0 Å². The normalized spacial score (nSPS) is 20.6. The Hall–Kier alpha value is -0.860. The fourth-order valence-electron chi connectivity index (χ4n) is 3.08. The van der Waals surface area contributed by atoms with Crippen LogP contribution in [-0.2, 0) is 10.2 Å². The Morgan fingerprint density at radius 3 is 2.28 bits per heavy atom. The van der Waals surface area contributed by atoms with Crippen molar-refractivity contribution in [3.63, 3.8) is 0 Å². The zero-order valence-electron chi connectivity index (χ0n) is 11.6. The third-order valence-corrected chi connectivity index (χ3v) is 4.55. The van der Waals surface area contributed by atoms with E-state index in [1.165, 1.54) is 43.2 Å². The summed E-state index contributed by atoms with van der Waals surface area (Å²) in [5, 5.41) is 0. The molecule has 0 spiro atoms.